The molecule has 34 heavy (non-hydrogen) atoms. The number of rotatable bonds is 6. The van der Waals surface area contributed by atoms with Crippen LogP contribution in [0.3, 0.4) is 0 Å². The van der Waals surface area contributed by atoms with Crippen LogP contribution in [0.5, 0.6) is 0 Å². The van der Waals surface area contributed by atoms with E-state index in [2.05, 4.69) is 20.3 Å². The summed E-state index contributed by atoms with van der Waals surface area (Å²) in [6.45, 7) is 0.777. The zero-order valence-corrected chi connectivity index (χ0v) is 18.1. The average Bonchev–Trinajstić information content (AvgIpc) is 3.65. The number of halogens is 4. The van der Waals surface area contributed by atoms with Crippen LogP contribution in [-0.2, 0) is 6.18 Å². The molecule has 8 nitrogen and oxygen atoms in total. The van der Waals surface area contributed by atoms with E-state index in [0.29, 0.717) is 49.4 Å². The quantitative estimate of drug-likeness (QED) is 0.165. The molecule has 1 aliphatic heterocycles. The predicted molar refractivity (Wildman–Crippen MR) is 117 cm³/mol. The number of aromatic nitrogens is 1. The number of pyridine rings is 1. The van der Waals surface area contributed by atoms with E-state index in [1.54, 1.807) is 29.2 Å². The summed E-state index contributed by atoms with van der Waals surface area (Å²) in [7, 11) is 0. The van der Waals surface area contributed by atoms with Gasteiger partial charge in [-0.15, -0.1) is 5.11 Å². The summed E-state index contributed by atoms with van der Waals surface area (Å²) in [6, 6.07) is 7.37. The third kappa shape index (κ3) is 5.32. The maximum absolute atomic E-state index is 14.3. The predicted octanol–water partition coefficient (Wildman–Crippen LogP) is 4.50. The minimum atomic E-state index is -4.65. The standard InChI is InChI=1S/C22H23F4N7O/c23-19-11-15(22(24,25)26)12-28-20(19)32-9-7-18(8-10-32)33(17-5-6-17)21(34)14-1-3-16(4-2-14)29-13-30-31-27/h1-4,11-13,17-18H,5-10H2,(H2,27,29,30). The van der Waals surface area contributed by atoms with Crippen molar-refractivity contribution in [3.63, 3.8) is 0 Å². The van der Waals surface area contributed by atoms with Gasteiger partial charge in [-0.05, 0) is 56.0 Å². The molecule has 1 aliphatic carbocycles. The van der Waals surface area contributed by atoms with Gasteiger partial charge in [-0.2, -0.15) is 13.2 Å². The highest BCUT2D eigenvalue weighted by Crippen LogP contribution is 2.35. The van der Waals surface area contributed by atoms with Crippen LogP contribution in [-0.4, -0.2) is 47.3 Å². The average molecular weight is 477 g/mol. The first-order valence-electron chi connectivity index (χ1n) is 10.8. The maximum atomic E-state index is 14.3. The molecule has 2 fully saturated rings. The summed E-state index contributed by atoms with van der Waals surface area (Å²) in [6.07, 6.45) is 0.186. The zero-order valence-electron chi connectivity index (χ0n) is 18.1. The van der Waals surface area contributed by atoms with E-state index in [1.807, 2.05) is 4.90 Å². The van der Waals surface area contributed by atoms with Crippen molar-refractivity contribution in [3.8, 4) is 0 Å². The van der Waals surface area contributed by atoms with Crippen molar-refractivity contribution >= 4 is 23.8 Å². The monoisotopic (exact) mass is 477 g/mol. The van der Waals surface area contributed by atoms with Crippen molar-refractivity contribution in [3.05, 3.63) is 53.5 Å². The molecule has 0 radical (unpaired) electrons. The van der Waals surface area contributed by atoms with Crippen LogP contribution in [0, 0.1) is 5.82 Å². The van der Waals surface area contributed by atoms with Crippen molar-refractivity contribution in [2.24, 2.45) is 21.2 Å². The molecule has 1 aromatic carbocycles. The first-order valence-corrected chi connectivity index (χ1v) is 10.8. The maximum Gasteiger partial charge on any atom is 0.417 e. The van der Waals surface area contributed by atoms with Gasteiger partial charge in [0.2, 0.25) is 0 Å². The van der Waals surface area contributed by atoms with Crippen LogP contribution >= 0.6 is 0 Å². The lowest BCUT2D eigenvalue weighted by Gasteiger charge is -2.39. The number of carbonyl (C=O) groups is 1. The van der Waals surface area contributed by atoms with E-state index in [4.69, 9.17) is 5.84 Å². The Bertz CT molecular complexity index is 1080. The molecule has 1 saturated heterocycles. The molecule has 1 saturated carbocycles. The fourth-order valence-electron chi connectivity index (χ4n) is 4.12. The molecule has 0 bridgehead atoms. The van der Waals surface area contributed by atoms with E-state index in [-0.39, 0.29) is 23.8 Å². The summed E-state index contributed by atoms with van der Waals surface area (Å²) in [5.41, 5.74) is 0.0140. The second-order valence-electron chi connectivity index (χ2n) is 8.21. The molecule has 0 atom stereocenters. The van der Waals surface area contributed by atoms with E-state index in [0.717, 1.165) is 12.8 Å². The number of aliphatic imine (C=N–C) groups is 1. The second kappa shape index (κ2) is 9.74. The van der Waals surface area contributed by atoms with Gasteiger partial charge in [0.1, 0.15) is 6.34 Å². The smallest absolute Gasteiger partial charge is 0.354 e. The summed E-state index contributed by atoms with van der Waals surface area (Å²) < 4.78 is 52.7. The van der Waals surface area contributed by atoms with Crippen molar-refractivity contribution < 1.29 is 22.4 Å². The highest BCUT2D eigenvalue weighted by molar-refractivity contribution is 5.95. The number of anilines is 1. The number of benzene rings is 1. The first-order chi connectivity index (χ1) is 16.3. The highest BCUT2D eigenvalue weighted by Gasteiger charge is 2.39. The molecule has 1 aromatic heterocycles. The van der Waals surface area contributed by atoms with Gasteiger partial charge in [0.15, 0.2) is 11.6 Å². The van der Waals surface area contributed by atoms with Gasteiger partial charge in [-0.3, -0.25) is 4.79 Å². The van der Waals surface area contributed by atoms with Crippen molar-refractivity contribution in [2.75, 3.05) is 18.0 Å². The van der Waals surface area contributed by atoms with Crippen LogP contribution in [0.15, 0.2) is 51.9 Å². The molecule has 2 N–H and O–H groups in total. The van der Waals surface area contributed by atoms with E-state index in [9.17, 15) is 22.4 Å². The zero-order chi connectivity index (χ0) is 24.3. The number of carbonyl (C=O) groups excluding carboxylic acids is 1. The number of amides is 1. The molecule has 2 aromatic rings. The molecule has 180 valence electrons. The summed E-state index contributed by atoms with van der Waals surface area (Å²) in [5.74, 6) is 3.73. The topological polar surface area (TPSA) is 99.5 Å². The van der Waals surface area contributed by atoms with Gasteiger partial charge in [-0.1, -0.05) is 5.22 Å². The molecule has 2 heterocycles. The van der Waals surface area contributed by atoms with E-state index < -0.39 is 17.6 Å². The summed E-state index contributed by atoms with van der Waals surface area (Å²) in [5, 5.41) is 6.53. The fraction of sp³-hybridized carbons (Fsp3) is 0.409. The van der Waals surface area contributed by atoms with Crippen LogP contribution < -0.4 is 10.7 Å². The first kappa shape index (κ1) is 23.6. The van der Waals surface area contributed by atoms with E-state index >= 15 is 0 Å². The molecule has 0 unspecified atom stereocenters. The molecule has 1 amide bonds. The second-order valence-corrected chi connectivity index (χ2v) is 8.21. The van der Waals surface area contributed by atoms with Crippen LogP contribution in [0.2, 0.25) is 0 Å². The lowest BCUT2D eigenvalue weighted by molar-refractivity contribution is -0.138. The minimum Gasteiger partial charge on any atom is -0.354 e. The van der Waals surface area contributed by atoms with Gasteiger partial charge >= 0.3 is 6.18 Å². The van der Waals surface area contributed by atoms with Crippen LogP contribution in [0.4, 0.5) is 29.1 Å². The highest BCUT2D eigenvalue weighted by atomic mass is 19.4. The van der Waals surface area contributed by atoms with Gasteiger partial charge < -0.3 is 15.6 Å². The Morgan fingerprint density at radius 3 is 2.32 bits per heavy atom. The van der Waals surface area contributed by atoms with Crippen LogP contribution in [0.25, 0.3) is 0 Å². The largest absolute Gasteiger partial charge is 0.417 e. The number of nitrogens with zero attached hydrogens (tertiary/aromatic N) is 6. The van der Waals surface area contributed by atoms with Gasteiger partial charge in [0.05, 0.1) is 11.3 Å². The fourth-order valence-corrected chi connectivity index (χ4v) is 4.12. The normalized spacial score (nSPS) is 17.6. The number of alkyl halides is 3. The lowest BCUT2D eigenvalue weighted by Crippen LogP contribution is -2.48. The van der Waals surface area contributed by atoms with Crippen LogP contribution in [0.1, 0.15) is 41.6 Å². The Hall–Kier alpha value is -3.57. The van der Waals surface area contributed by atoms with E-state index in [1.165, 1.54) is 6.34 Å². The van der Waals surface area contributed by atoms with Gasteiger partial charge in [0, 0.05) is 36.9 Å². The summed E-state index contributed by atoms with van der Waals surface area (Å²) in [4.78, 5) is 24.6. The Labute approximate surface area is 193 Å². The minimum absolute atomic E-state index is 0.0450. The number of hydrogen-bond acceptors (Lipinski definition) is 5. The van der Waals surface area contributed by atoms with Crippen molar-refractivity contribution in [1.29, 1.82) is 0 Å². The molecule has 0 spiro atoms. The Morgan fingerprint density at radius 1 is 1.12 bits per heavy atom. The molecular formula is C22H23F4N7O. The number of hydrogen-bond donors (Lipinski definition) is 1. The SMILES string of the molecule is NN=NC=Nc1ccc(C(=O)N(C2CC2)C2CCN(c3ncc(C(F)(F)F)cc3F)CC2)cc1. The molecule has 4 rings (SSSR count). The number of nitrogens with two attached hydrogens (primary N) is 1. The van der Waals surface area contributed by atoms with Gasteiger partial charge in [0.25, 0.3) is 5.91 Å². The van der Waals surface area contributed by atoms with Crippen molar-refractivity contribution in [1.82, 2.24) is 9.88 Å². The Kier molecular flexibility index (Phi) is 6.75. The van der Waals surface area contributed by atoms with Gasteiger partial charge in [-0.25, -0.2) is 14.4 Å². The Balaban J connectivity index is 1.42. The molecule has 2 aliphatic rings. The van der Waals surface area contributed by atoms with Crippen molar-refractivity contribution in [2.45, 2.75) is 43.9 Å². The number of piperidine rings is 1. The molecular weight excluding hydrogens is 454 g/mol. The third-order valence-corrected chi connectivity index (χ3v) is 5.92. The molecule has 12 heteroatoms. The lowest BCUT2D eigenvalue weighted by atomic mass is 10.0. The summed E-state index contributed by atoms with van der Waals surface area (Å²) >= 11 is 0. The third-order valence-electron chi connectivity index (χ3n) is 5.92. The Morgan fingerprint density at radius 2 is 1.76 bits per heavy atom.